The van der Waals surface area contributed by atoms with Gasteiger partial charge in [0.1, 0.15) is 0 Å². The summed E-state index contributed by atoms with van der Waals surface area (Å²) in [7, 11) is -3.70. The Kier molecular flexibility index (Phi) is 4.48. The van der Waals surface area contributed by atoms with E-state index in [9.17, 15) is 13.2 Å². The second-order valence-corrected chi connectivity index (χ2v) is 5.88. The molecule has 1 unspecified atom stereocenters. The summed E-state index contributed by atoms with van der Waals surface area (Å²) in [5.41, 5.74) is 1.27. The lowest BCUT2D eigenvalue weighted by Gasteiger charge is -2.12. The Bertz CT molecular complexity index is 552. The molecule has 0 saturated heterocycles. The van der Waals surface area contributed by atoms with Crippen molar-refractivity contribution in [1.29, 1.82) is 0 Å². The molecule has 1 atom stereocenters. The third-order valence-electron chi connectivity index (χ3n) is 2.84. The average Bonchev–Trinajstić information content (AvgIpc) is 2.29. The molecule has 3 N–H and O–H groups in total. The van der Waals surface area contributed by atoms with Gasteiger partial charge in [-0.05, 0) is 37.1 Å². The second-order valence-electron chi connectivity index (χ2n) is 4.32. The molecular weight excluding hydrogens is 252 g/mol. The third-order valence-corrected chi connectivity index (χ3v) is 3.76. The van der Waals surface area contributed by atoms with Crippen LogP contribution in [0, 0.1) is 12.8 Å². The van der Waals surface area contributed by atoms with Crippen molar-refractivity contribution in [3.05, 3.63) is 23.8 Å². The SMILES string of the molecule is CCC(C)C(=O)Nc1ccc(S(N)(=O)=O)cc1C. The van der Waals surface area contributed by atoms with Crippen molar-refractivity contribution in [2.75, 3.05) is 5.32 Å². The number of nitrogens with two attached hydrogens (primary N) is 1. The van der Waals surface area contributed by atoms with Crippen LogP contribution in [-0.2, 0) is 14.8 Å². The van der Waals surface area contributed by atoms with Gasteiger partial charge >= 0.3 is 0 Å². The van der Waals surface area contributed by atoms with Gasteiger partial charge in [0, 0.05) is 11.6 Å². The van der Waals surface area contributed by atoms with Crippen molar-refractivity contribution in [2.24, 2.45) is 11.1 Å². The Labute approximate surface area is 107 Å². The number of amides is 1. The maximum Gasteiger partial charge on any atom is 0.238 e. The van der Waals surface area contributed by atoms with Crippen LogP contribution in [0.15, 0.2) is 23.1 Å². The van der Waals surface area contributed by atoms with Crippen LogP contribution in [0.2, 0.25) is 0 Å². The average molecular weight is 270 g/mol. The van der Waals surface area contributed by atoms with Crippen molar-refractivity contribution < 1.29 is 13.2 Å². The molecule has 1 rings (SSSR count). The molecule has 0 aliphatic carbocycles. The molecule has 0 aromatic heterocycles. The van der Waals surface area contributed by atoms with E-state index in [0.29, 0.717) is 11.3 Å². The standard InChI is InChI=1S/C12H18N2O3S/c1-4-8(2)12(15)14-11-6-5-10(7-9(11)3)18(13,16)17/h5-8H,4H2,1-3H3,(H,14,15)(H2,13,16,17). The van der Waals surface area contributed by atoms with Crippen LogP contribution in [0.1, 0.15) is 25.8 Å². The first kappa shape index (κ1) is 14.7. The van der Waals surface area contributed by atoms with Crippen molar-refractivity contribution in [3.63, 3.8) is 0 Å². The van der Waals surface area contributed by atoms with E-state index in [1.807, 2.05) is 13.8 Å². The van der Waals surface area contributed by atoms with Crippen molar-refractivity contribution in [3.8, 4) is 0 Å². The summed E-state index contributed by atoms with van der Waals surface area (Å²) < 4.78 is 22.3. The van der Waals surface area contributed by atoms with Crippen LogP contribution in [0.3, 0.4) is 0 Å². The Morgan fingerprint density at radius 2 is 2.06 bits per heavy atom. The fourth-order valence-electron chi connectivity index (χ4n) is 1.39. The number of benzene rings is 1. The van der Waals surface area contributed by atoms with E-state index in [4.69, 9.17) is 5.14 Å². The predicted molar refractivity (Wildman–Crippen MR) is 70.6 cm³/mol. The Morgan fingerprint density at radius 1 is 1.44 bits per heavy atom. The lowest BCUT2D eigenvalue weighted by Crippen LogP contribution is -2.20. The number of carbonyl (C=O) groups excluding carboxylic acids is 1. The number of carbonyl (C=O) groups is 1. The minimum atomic E-state index is -3.70. The van der Waals surface area contributed by atoms with Crippen LogP contribution in [0.25, 0.3) is 0 Å². The first-order valence-corrected chi connectivity index (χ1v) is 7.24. The van der Waals surface area contributed by atoms with E-state index in [1.54, 1.807) is 13.0 Å². The summed E-state index contributed by atoms with van der Waals surface area (Å²) in [5, 5.41) is 7.80. The molecule has 0 fully saturated rings. The molecule has 1 aromatic carbocycles. The fourth-order valence-corrected chi connectivity index (χ4v) is 1.99. The molecule has 5 nitrogen and oxygen atoms in total. The summed E-state index contributed by atoms with van der Waals surface area (Å²) in [5.74, 6) is -0.161. The minimum Gasteiger partial charge on any atom is -0.326 e. The molecule has 0 radical (unpaired) electrons. The first-order valence-electron chi connectivity index (χ1n) is 5.70. The summed E-state index contributed by atoms with van der Waals surface area (Å²) in [4.78, 5) is 11.8. The van der Waals surface area contributed by atoms with Gasteiger partial charge in [0.2, 0.25) is 15.9 Å². The monoisotopic (exact) mass is 270 g/mol. The van der Waals surface area contributed by atoms with Crippen LogP contribution >= 0.6 is 0 Å². The summed E-state index contributed by atoms with van der Waals surface area (Å²) in [6.45, 7) is 5.49. The zero-order chi connectivity index (χ0) is 13.9. The van der Waals surface area contributed by atoms with E-state index < -0.39 is 10.0 Å². The highest BCUT2D eigenvalue weighted by molar-refractivity contribution is 7.89. The van der Waals surface area contributed by atoms with Gasteiger partial charge in [-0.3, -0.25) is 4.79 Å². The topological polar surface area (TPSA) is 89.3 Å². The molecule has 0 saturated carbocycles. The summed E-state index contributed by atoms with van der Waals surface area (Å²) in [6.07, 6.45) is 0.750. The van der Waals surface area contributed by atoms with Crippen LogP contribution < -0.4 is 10.5 Å². The van der Waals surface area contributed by atoms with Crippen molar-refractivity contribution in [1.82, 2.24) is 0 Å². The number of hydrogen-bond acceptors (Lipinski definition) is 3. The van der Waals surface area contributed by atoms with Gasteiger partial charge in [-0.1, -0.05) is 13.8 Å². The highest BCUT2D eigenvalue weighted by Gasteiger charge is 2.13. The zero-order valence-electron chi connectivity index (χ0n) is 10.7. The highest BCUT2D eigenvalue weighted by atomic mass is 32.2. The van der Waals surface area contributed by atoms with Crippen molar-refractivity contribution >= 4 is 21.6 Å². The Balaban J connectivity index is 2.97. The minimum absolute atomic E-state index is 0.0431. The number of sulfonamides is 1. The molecule has 0 aliphatic rings. The number of hydrogen-bond donors (Lipinski definition) is 2. The number of aryl methyl sites for hydroxylation is 1. The van der Waals surface area contributed by atoms with Crippen molar-refractivity contribution in [2.45, 2.75) is 32.1 Å². The molecule has 0 aliphatic heterocycles. The summed E-state index contributed by atoms with van der Waals surface area (Å²) >= 11 is 0. The first-order chi connectivity index (χ1) is 8.25. The molecule has 6 heteroatoms. The zero-order valence-corrected chi connectivity index (χ0v) is 11.5. The van der Waals surface area contributed by atoms with Gasteiger partial charge < -0.3 is 5.32 Å². The molecule has 0 spiro atoms. The van der Waals surface area contributed by atoms with Gasteiger partial charge in [0.05, 0.1) is 4.90 Å². The van der Waals surface area contributed by atoms with E-state index in [1.165, 1.54) is 12.1 Å². The van der Waals surface area contributed by atoms with E-state index in [0.717, 1.165) is 6.42 Å². The van der Waals surface area contributed by atoms with Gasteiger partial charge in [0.25, 0.3) is 0 Å². The number of rotatable bonds is 4. The molecule has 100 valence electrons. The van der Waals surface area contributed by atoms with Crippen LogP contribution in [0.5, 0.6) is 0 Å². The molecule has 1 amide bonds. The van der Waals surface area contributed by atoms with Crippen LogP contribution in [0.4, 0.5) is 5.69 Å². The maximum atomic E-state index is 11.7. The highest BCUT2D eigenvalue weighted by Crippen LogP contribution is 2.19. The Morgan fingerprint density at radius 3 is 2.50 bits per heavy atom. The van der Waals surface area contributed by atoms with Gasteiger partial charge in [-0.2, -0.15) is 0 Å². The van der Waals surface area contributed by atoms with E-state index in [2.05, 4.69) is 5.32 Å². The van der Waals surface area contributed by atoms with Gasteiger partial charge in [-0.15, -0.1) is 0 Å². The van der Waals surface area contributed by atoms with E-state index >= 15 is 0 Å². The summed E-state index contributed by atoms with van der Waals surface area (Å²) in [6, 6.07) is 4.38. The molecule has 0 heterocycles. The molecule has 1 aromatic rings. The number of primary sulfonamides is 1. The third kappa shape index (κ3) is 3.54. The predicted octanol–water partition coefficient (Wildman–Crippen LogP) is 1.63. The largest absolute Gasteiger partial charge is 0.326 e. The van der Waals surface area contributed by atoms with Gasteiger partial charge in [0.15, 0.2) is 0 Å². The maximum absolute atomic E-state index is 11.7. The lowest BCUT2D eigenvalue weighted by atomic mass is 10.1. The van der Waals surface area contributed by atoms with Crippen LogP contribution in [-0.4, -0.2) is 14.3 Å². The Hall–Kier alpha value is -1.40. The lowest BCUT2D eigenvalue weighted by molar-refractivity contribution is -0.119. The van der Waals surface area contributed by atoms with E-state index in [-0.39, 0.29) is 16.7 Å². The normalized spacial score (nSPS) is 13.1. The number of anilines is 1. The fraction of sp³-hybridized carbons (Fsp3) is 0.417. The quantitative estimate of drug-likeness (QED) is 0.871. The van der Waals surface area contributed by atoms with Gasteiger partial charge in [-0.25, -0.2) is 13.6 Å². The molecule has 18 heavy (non-hydrogen) atoms. The molecular formula is C12H18N2O3S. The smallest absolute Gasteiger partial charge is 0.238 e. The molecule has 0 bridgehead atoms. The number of nitrogens with one attached hydrogen (secondary N) is 1. The second kappa shape index (κ2) is 5.49.